The number of rotatable bonds is 4. The van der Waals surface area contributed by atoms with E-state index in [0.717, 1.165) is 25.1 Å². The summed E-state index contributed by atoms with van der Waals surface area (Å²) in [6.45, 7) is 0.869. The van der Waals surface area contributed by atoms with Gasteiger partial charge in [0.25, 0.3) is 0 Å². The monoisotopic (exact) mass is 225 g/mol. The van der Waals surface area contributed by atoms with E-state index in [0.29, 0.717) is 12.5 Å². The number of hydrogen-bond acceptors (Lipinski definition) is 4. The molecular formula is C11H19N3O2. The zero-order valence-corrected chi connectivity index (χ0v) is 9.67. The summed E-state index contributed by atoms with van der Waals surface area (Å²) >= 11 is 0. The fraction of sp³-hybridized carbons (Fsp3) is 0.818. The van der Waals surface area contributed by atoms with Crippen LogP contribution in [0.15, 0.2) is 6.20 Å². The molecule has 2 rings (SSSR count). The minimum Gasteiger partial charge on any atom is -0.387 e. The third-order valence-corrected chi connectivity index (χ3v) is 3.13. The third-order valence-electron chi connectivity index (χ3n) is 3.13. The molecule has 90 valence electrons. The Morgan fingerprint density at radius 3 is 3.12 bits per heavy atom. The molecule has 0 radical (unpaired) electrons. The summed E-state index contributed by atoms with van der Waals surface area (Å²) in [6.07, 6.45) is 6.62. The molecule has 2 heterocycles. The average Bonchev–Trinajstić information content (AvgIpc) is 2.74. The van der Waals surface area contributed by atoms with Crippen LogP contribution in [0.4, 0.5) is 0 Å². The highest BCUT2D eigenvalue weighted by Crippen LogP contribution is 2.22. The van der Waals surface area contributed by atoms with E-state index < -0.39 is 6.10 Å². The predicted molar refractivity (Wildman–Crippen MR) is 58.8 cm³/mol. The molecule has 1 aliphatic rings. The Balaban J connectivity index is 1.79. The maximum atomic E-state index is 9.96. The van der Waals surface area contributed by atoms with E-state index in [2.05, 4.69) is 10.3 Å². The van der Waals surface area contributed by atoms with Crippen LogP contribution in [0.2, 0.25) is 0 Å². The van der Waals surface area contributed by atoms with Crippen molar-refractivity contribution in [2.75, 3.05) is 6.61 Å². The van der Waals surface area contributed by atoms with Gasteiger partial charge in [-0.05, 0) is 32.1 Å². The van der Waals surface area contributed by atoms with Gasteiger partial charge >= 0.3 is 0 Å². The highest BCUT2D eigenvalue weighted by Gasteiger charge is 2.18. The van der Waals surface area contributed by atoms with E-state index >= 15 is 0 Å². The minimum absolute atomic E-state index is 0.324. The summed E-state index contributed by atoms with van der Waals surface area (Å²) in [5.41, 5.74) is 0.774. The van der Waals surface area contributed by atoms with Gasteiger partial charge in [0.15, 0.2) is 0 Å². The first kappa shape index (κ1) is 11.5. The molecule has 0 amide bonds. The van der Waals surface area contributed by atoms with Crippen LogP contribution in [0, 0.1) is 0 Å². The molecule has 0 aliphatic carbocycles. The number of aliphatic hydroxyl groups excluding tert-OH is 1. The molecule has 5 heteroatoms. The zero-order chi connectivity index (χ0) is 11.4. The van der Waals surface area contributed by atoms with Crippen molar-refractivity contribution < 1.29 is 9.84 Å². The van der Waals surface area contributed by atoms with Crippen LogP contribution >= 0.6 is 0 Å². The van der Waals surface area contributed by atoms with Crippen LogP contribution in [0.25, 0.3) is 0 Å². The van der Waals surface area contributed by atoms with Crippen molar-refractivity contribution in [1.29, 1.82) is 0 Å². The van der Waals surface area contributed by atoms with Gasteiger partial charge in [0, 0.05) is 13.7 Å². The Kier molecular flexibility index (Phi) is 3.90. The Hall–Kier alpha value is -0.940. The van der Waals surface area contributed by atoms with E-state index in [1.807, 2.05) is 0 Å². The minimum atomic E-state index is -0.481. The molecule has 2 unspecified atom stereocenters. The molecule has 1 fully saturated rings. The molecule has 0 spiro atoms. The first-order chi connectivity index (χ1) is 7.77. The van der Waals surface area contributed by atoms with Gasteiger partial charge in [0.2, 0.25) is 0 Å². The maximum absolute atomic E-state index is 9.96. The summed E-state index contributed by atoms with van der Waals surface area (Å²) in [6, 6.07) is 0. The predicted octanol–water partition coefficient (Wildman–Crippen LogP) is 1.20. The van der Waals surface area contributed by atoms with Gasteiger partial charge in [-0.25, -0.2) is 4.68 Å². The van der Waals surface area contributed by atoms with Gasteiger partial charge < -0.3 is 9.84 Å². The summed E-state index contributed by atoms with van der Waals surface area (Å²) < 4.78 is 7.24. The average molecular weight is 225 g/mol. The van der Waals surface area contributed by atoms with Gasteiger partial charge in [-0.2, -0.15) is 0 Å². The lowest BCUT2D eigenvalue weighted by Gasteiger charge is -2.23. The third kappa shape index (κ3) is 2.80. The van der Waals surface area contributed by atoms with Gasteiger partial charge in [-0.1, -0.05) is 5.21 Å². The summed E-state index contributed by atoms with van der Waals surface area (Å²) in [4.78, 5) is 0. The second-order valence-corrected chi connectivity index (χ2v) is 4.36. The zero-order valence-electron chi connectivity index (χ0n) is 9.67. The molecule has 0 saturated carbocycles. The molecule has 1 N–H and O–H groups in total. The largest absolute Gasteiger partial charge is 0.387 e. The molecule has 2 atom stereocenters. The summed E-state index contributed by atoms with van der Waals surface area (Å²) in [5, 5.41) is 17.5. The molecular weight excluding hydrogens is 206 g/mol. The van der Waals surface area contributed by atoms with Crippen molar-refractivity contribution in [3.8, 4) is 0 Å². The lowest BCUT2D eigenvalue weighted by Crippen LogP contribution is -2.20. The summed E-state index contributed by atoms with van der Waals surface area (Å²) in [7, 11) is 1.79. The van der Waals surface area contributed by atoms with Crippen LogP contribution in [0.5, 0.6) is 0 Å². The first-order valence-corrected chi connectivity index (χ1v) is 5.91. The second-order valence-electron chi connectivity index (χ2n) is 4.36. The Morgan fingerprint density at radius 2 is 2.50 bits per heavy atom. The number of aliphatic hydroxyl groups is 1. The quantitative estimate of drug-likeness (QED) is 0.836. The fourth-order valence-corrected chi connectivity index (χ4v) is 2.13. The van der Waals surface area contributed by atoms with E-state index in [9.17, 15) is 5.11 Å². The first-order valence-electron chi connectivity index (χ1n) is 5.91. The van der Waals surface area contributed by atoms with Gasteiger partial charge in [-0.3, -0.25) is 0 Å². The molecule has 1 aliphatic heterocycles. The highest BCUT2D eigenvalue weighted by molar-refractivity contribution is 4.98. The standard InChI is InChI=1S/C11H19N3O2/c1-14-10(8-12-13-14)11(15)6-5-9-4-2-3-7-16-9/h8-9,11,15H,2-7H2,1H3. The van der Waals surface area contributed by atoms with E-state index in [1.54, 1.807) is 17.9 Å². The number of aryl methyl sites for hydroxylation is 1. The number of nitrogens with zero attached hydrogens (tertiary/aromatic N) is 3. The lowest BCUT2D eigenvalue weighted by molar-refractivity contribution is 0.00160. The van der Waals surface area contributed by atoms with Crippen molar-refractivity contribution in [3.05, 3.63) is 11.9 Å². The van der Waals surface area contributed by atoms with Crippen LogP contribution < -0.4 is 0 Å². The number of aromatic nitrogens is 3. The number of ether oxygens (including phenoxy) is 1. The van der Waals surface area contributed by atoms with Crippen molar-refractivity contribution in [2.24, 2.45) is 7.05 Å². The lowest BCUT2D eigenvalue weighted by atomic mass is 10.0. The van der Waals surface area contributed by atoms with Gasteiger partial charge in [-0.15, -0.1) is 5.10 Å². The van der Waals surface area contributed by atoms with Crippen LogP contribution in [-0.4, -0.2) is 32.8 Å². The normalized spacial score (nSPS) is 23.2. The van der Waals surface area contributed by atoms with Crippen molar-refractivity contribution in [3.63, 3.8) is 0 Å². The van der Waals surface area contributed by atoms with Crippen LogP contribution in [0.3, 0.4) is 0 Å². The fourth-order valence-electron chi connectivity index (χ4n) is 2.13. The smallest absolute Gasteiger partial charge is 0.0973 e. The van der Waals surface area contributed by atoms with Crippen LogP contribution in [-0.2, 0) is 11.8 Å². The Bertz CT molecular complexity index is 321. The Morgan fingerprint density at radius 1 is 1.62 bits per heavy atom. The molecule has 1 saturated heterocycles. The van der Waals surface area contributed by atoms with Crippen molar-refractivity contribution in [1.82, 2.24) is 15.0 Å². The van der Waals surface area contributed by atoms with Gasteiger partial charge in [0.05, 0.1) is 24.1 Å². The maximum Gasteiger partial charge on any atom is 0.0973 e. The van der Waals surface area contributed by atoms with E-state index in [1.165, 1.54) is 12.8 Å². The highest BCUT2D eigenvalue weighted by atomic mass is 16.5. The molecule has 16 heavy (non-hydrogen) atoms. The topological polar surface area (TPSA) is 60.2 Å². The van der Waals surface area contributed by atoms with Crippen molar-refractivity contribution >= 4 is 0 Å². The SMILES string of the molecule is Cn1nncc1C(O)CCC1CCCCO1. The van der Waals surface area contributed by atoms with Gasteiger partial charge in [0.1, 0.15) is 0 Å². The van der Waals surface area contributed by atoms with Crippen LogP contribution in [0.1, 0.15) is 43.9 Å². The Labute approximate surface area is 95.4 Å². The second kappa shape index (κ2) is 5.41. The molecule has 1 aromatic rings. The molecule has 0 aromatic carbocycles. The molecule has 5 nitrogen and oxygen atoms in total. The van der Waals surface area contributed by atoms with E-state index in [4.69, 9.17) is 4.74 Å². The molecule has 0 bridgehead atoms. The van der Waals surface area contributed by atoms with Crippen molar-refractivity contribution in [2.45, 2.75) is 44.3 Å². The summed E-state index contributed by atoms with van der Waals surface area (Å²) in [5.74, 6) is 0. The number of hydrogen-bond donors (Lipinski definition) is 1. The van der Waals surface area contributed by atoms with E-state index in [-0.39, 0.29) is 0 Å². The molecule has 1 aromatic heterocycles.